The van der Waals surface area contributed by atoms with Gasteiger partial charge in [0.2, 0.25) is 0 Å². The second kappa shape index (κ2) is 6.30. The van der Waals surface area contributed by atoms with E-state index in [2.05, 4.69) is 11.4 Å². The van der Waals surface area contributed by atoms with Gasteiger partial charge >= 0.3 is 12.1 Å². The molecule has 24 heavy (non-hydrogen) atoms. The van der Waals surface area contributed by atoms with Crippen molar-refractivity contribution in [3.63, 3.8) is 0 Å². The van der Waals surface area contributed by atoms with Crippen LogP contribution < -0.4 is 5.32 Å². The van der Waals surface area contributed by atoms with Crippen molar-refractivity contribution in [3.8, 4) is 0 Å². The topological polar surface area (TPSA) is 55.4 Å². The molecule has 1 N–H and O–H groups in total. The van der Waals surface area contributed by atoms with Crippen LogP contribution in [0.2, 0.25) is 0 Å². The van der Waals surface area contributed by atoms with Gasteiger partial charge in [-0.15, -0.1) is 0 Å². The lowest BCUT2D eigenvalue weighted by Crippen LogP contribution is -2.27. The highest BCUT2D eigenvalue weighted by Gasteiger charge is 2.41. The quantitative estimate of drug-likeness (QED) is 0.676. The Morgan fingerprint density at radius 3 is 2.54 bits per heavy atom. The molecule has 0 radical (unpaired) electrons. The Labute approximate surface area is 136 Å². The Hall–Kier alpha value is -2.31. The van der Waals surface area contributed by atoms with Gasteiger partial charge in [0.25, 0.3) is 5.91 Å². The standard InChI is InChI=1S/C17H16F3NO3/c18-17(19,20)13-3-1-2-4-14(13)21-15(22)9-24-16(23)12-8-10-5-6-11(12)7-10/h1-6,10-12H,7-9H2,(H,21,22). The molecule has 7 heteroatoms. The molecule has 1 aromatic carbocycles. The number of anilines is 1. The van der Waals surface area contributed by atoms with E-state index in [1.165, 1.54) is 12.1 Å². The first-order valence-electron chi connectivity index (χ1n) is 7.65. The molecule has 0 aliphatic heterocycles. The number of esters is 1. The van der Waals surface area contributed by atoms with Gasteiger partial charge < -0.3 is 10.1 Å². The van der Waals surface area contributed by atoms with Gasteiger partial charge in [-0.1, -0.05) is 24.3 Å². The van der Waals surface area contributed by atoms with Gasteiger partial charge in [-0.05, 0) is 36.8 Å². The minimum absolute atomic E-state index is 0.150. The monoisotopic (exact) mass is 339 g/mol. The number of benzene rings is 1. The van der Waals surface area contributed by atoms with Crippen molar-refractivity contribution in [1.29, 1.82) is 0 Å². The number of carbonyl (C=O) groups excluding carboxylic acids is 2. The molecule has 2 aliphatic carbocycles. The lowest BCUT2D eigenvalue weighted by Gasteiger charge is -2.17. The van der Waals surface area contributed by atoms with Crippen LogP contribution in [0.1, 0.15) is 18.4 Å². The van der Waals surface area contributed by atoms with E-state index in [9.17, 15) is 22.8 Å². The molecule has 0 aromatic heterocycles. The zero-order chi connectivity index (χ0) is 17.3. The highest BCUT2D eigenvalue weighted by Crippen LogP contribution is 2.43. The van der Waals surface area contributed by atoms with E-state index in [0.717, 1.165) is 18.6 Å². The molecular formula is C17H16F3NO3. The fraction of sp³-hybridized carbons (Fsp3) is 0.412. The third-order valence-corrected chi connectivity index (χ3v) is 4.43. The van der Waals surface area contributed by atoms with Crippen molar-refractivity contribution in [3.05, 3.63) is 42.0 Å². The van der Waals surface area contributed by atoms with E-state index in [1.807, 2.05) is 6.08 Å². The highest BCUT2D eigenvalue weighted by molar-refractivity contribution is 5.93. The summed E-state index contributed by atoms with van der Waals surface area (Å²) in [5, 5.41) is 2.15. The first kappa shape index (κ1) is 16.5. The Morgan fingerprint density at radius 2 is 1.92 bits per heavy atom. The number of ether oxygens (including phenoxy) is 1. The molecule has 1 saturated carbocycles. The molecular weight excluding hydrogens is 323 g/mol. The lowest BCUT2D eigenvalue weighted by molar-refractivity contribution is -0.152. The number of alkyl halides is 3. The Kier molecular flexibility index (Phi) is 4.34. The molecule has 1 fully saturated rings. The van der Waals surface area contributed by atoms with Crippen LogP contribution in [-0.2, 0) is 20.5 Å². The SMILES string of the molecule is O=C(COC(=O)C1CC2C=CC1C2)Nc1ccccc1C(F)(F)F. The molecule has 1 aromatic rings. The number of nitrogens with one attached hydrogen (secondary N) is 1. The van der Waals surface area contributed by atoms with Gasteiger partial charge in [0, 0.05) is 0 Å². The van der Waals surface area contributed by atoms with Crippen LogP contribution in [0, 0.1) is 17.8 Å². The van der Waals surface area contributed by atoms with Crippen LogP contribution in [0.3, 0.4) is 0 Å². The summed E-state index contributed by atoms with van der Waals surface area (Å²) >= 11 is 0. The zero-order valence-corrected chi connectivity index (χ0v) is 12.7. The van der Waals surface area contributed by atoms with E-state index >= 15 is 0 Å². The van der Waals surface area contributed by atoms with E-state index in [0.29, 0.717) is 12.3 Å². The van der Waals surface area contributed by atoms with E-state index in [-0.39, 0.29) is 17.5 Å². The average Bonchev–Trinajstić information content (AvgIpc) is 3.15. The maximum Gasteiger partial charge on any atom is 0.418 e. The third-order valence-electron chi connectivity index (χ3n) is 4.43. The molecule has 2 bridgehead atoms. The molecule has 0 heterocycles. The summed E-state index contributed by atoms with van der Waals surface area (Å²) in [6.45, 7) is -0.595. The van der Waals surface area contributed by atoms with Crippen molar-refractivity contribution < 1.29 is 27.5 Å². The number of para-hydroxylation sites is 1. The Bertz CT molecular complexity index is 684. The van der Waals surface area contributed by atoms with Gasteiger partial charge in [-0.25, -0.2) is 0 Å². The van der Waals surface area contributed by atoms with Gasteiger partial charge in [0.1, 0.15) is 0 Å². The minimum Gasteiger partial charge on any atom is -0.455 e. The number of rotatable bonds is 4. The number of hydrogen-bond donors (Lipinski definition) is 1. The van der Waals surface area contributed by atoms with Gasteiger partial charge in [-0.2, -0.15) is 13.2 Å². The van der Waals surface area contributed by atoms with Crippen LogP contribution >= 0.6 is 0 Å². The number of carbonyl (C=O) groups is 2. The predicted molar refractivity (Wildman–Crippen MR) is 79.9 cm³/mol. The zero-order valence-electron chi connectivity index (χ0n) is 12.7. The smallest absolute Gasteiger partial charge is 0.418 e. The fourth-order valence-electron chi connectivity index (χ4n) is 3.32. The summed E-state index contributed by atoms with van der Waals surface area (Å²) < 4.78 is 43.6. The second-order valence-corrected chi connectivity index (χ2v) is 6.09. The lowest BCUT2D eigenvalue weighted by atomic mass is 9.94. The van der Waals surface area contributed by atoms with E-state index in [4.69, 9.17) is 4.74 Å². The summed E-state index contributed by atoms with van der Waals surface area (Å²) in [4.78, 5) is 23.8. The highest BCUT2D eigenvalue weighted by atomic mass is 19.4. The number of fused-ring (bicyclic) bond motifs is 2. The molecule has 1 amide bonds. The Morgan fingerprint density at radius 1 is 1.17 bits per heavy atom. The Balaban J connectivity index is 1.55. The van der Waals surface area contributed by atoms with Crippen molar-refractivity contribution >= 4 is 17.6 Å². The molecule has 2 aliphatic rings. The summed E-state index contributed by atoms with van der Waals surface area (Å²) in [7, 11) is 0. The summed E-state index contributed by atoms with van der Waals surface area (Å²) in [6, 6.07) is 4.66. The van der Waals surface area contributed by atoms with Crippen LogP contribution in [0.5, 0.6) is 0 Å². The normalized spacial score (nSPS) is 24.9. The third kappa shape index (κ3) is 3.44. The van der Waals surface area contributed by atoms with Gasteiger partial charge in [0.05, 0.1) is 17.2 Å². The summed E-state index contributed by atoms with van der Waals surface area (Å²) in [5.41, 5.74) is -1.29. The van der Waals surface area contributed by atoms with Crippen molar-refractivity contribution in [2.24, 2.45) is 17.8 Å². The van der Waals surface area contributed by atoms with E-state index < -0.39 is 30.2 Å². The number of hydrogen-bond acceptors (Lipinski definition) is 3. The molecule has 3 rings (SSSR count). The molecule has 128 valence electrons. The molecule has 3 atom stereocenters. The van der Waals surface area contributed by atoms with Crippen LogP contribution in [0.25, 0.3) is 0 Å². The first-order valence-corrected chi connectivity index (χ1v) is 7.65. The van der Waals surface area contributed by atoms with Gasteiger partial charge in [-0.3, -0.25) is 9.59 Å². The number of amides is 1. The van der Waals surface area contributed by atoms with Crippen molar-refractivity contribution in [2.75, 3.05) is 11.9 Å². The molecule has 4 nitrogen and oxygen atoms in total. The molecule has 0 spiro atoms. The fourth-order valence-corrected chi connectivity index (χ4v) is 3.32. The molecule has 3 unspecified atom stereocenters. The number of allylic oxidation sites excluding steroid dienone is 2. The maximum atomic E-state index is 12.9. The largest absolute Gasteiger partial charge is 0.455 e. The predicted octanol–water partition coefficient (Wildman–Crippen LogP) is 3.40. The van der Waals surface area contributed by atoms with Gasteiger partial charge in [0.15, 0.2) is 6.61 Å². The number of halogens is 3. The van der Waals surface area contributed by atoms with Crippen LogP contribution in [-0.4, -0.2) is 18.5 Å². The van der Waals surface area contributed by atoms with Crippen LogP contribution in [0.4, 0.5) is 18.9 Å². The minimum atomic E-state index is -4.57. The summed E-state index contributed by atoms with van der Waals surface area (Å²) in [5.74, 6) is -0.975. The van der Waals surface area contributed by atoms with Crippen LogP contribution in [0.15, 0.2) is 36.4 Å². The van der Waals surface area contributed by atoms with Crippen molar-refractivity contribution in [1.82, 2.24) is 0 Å². The maximum absolute atomic E-state index is 12.9. The van der Waals surface area contributed by atoms with E-state index in [1.54, 1.807) is 0 Å². The first-order chi connectivity index (χ1) is 11.3. The summed E-state index contributed by atoms with van der Waals surface area (Å²) in [6.07, 6.45) is 1.12. The second-order valence-electron chi connectivity index (χ2n) is 6.09. The van der Waals surface area contributed by atoms with Crippen molar-refractivity contribution in [2.45, 2.75) is 19.0 Å². The average molecular weight is 339 g/mol. The molecule has 0 saturated heterocycles.